The molecule has 0 bridgehead atoms. The maximum Gasteiger partial charge on any atom is 0.342 e. The van der Waals surface area contributed by atoms with Crippen molar-refractivity contribution in [2.45, 2.75) is 48.0 Å². The molecule has 2 aromatic carbocycles. The number of thioether (sulfide) groups is 1. The molecule has 1 N–H and O–H groups in total. The molecule has 160 valence electrons. The first-order valence-corrected chi connectivity index (χ1v) is 11.1. The summed E-state index contributed by atoms with van der Waals surface area (Å²) in [5, 5.41) is 9.79. The van der Waals surface area contributed by atoms with Crippen LogP contribution in [0.15, 0.2) is 59.5 Å². The summed E-state index contributed by atoms with van der Waals surface area (Å²) in [7, 11) is 0. The maximum absolute atomic E-state index is 13.2. The van der Waals surface area contributed by atoms with Crippen molar-refractivity contribution in [2.24, 2.45) is 5.92 Å². The number of carbonyl (C=O) groups excluding carboxylic acids is 3. The number of aliphatic hydroxyl groups excluding tert-OH is 1. The van der Waals surface area contributed by atoms with Gasteiger partial charge in [-0.25, -0.2) is 9.59 Å². The van der Waals surface area contributed by atoms with Gasteiger partial charge in [0, 0.05) is 21.8 Å². The van der Waals surface area contributed by atoms with E-state index in [0.717, 1.165) is 4.90 Å². The Hall–Kier alpha value is -2.84. The van der Waals surface area contributed by atoms with Gasteiger partial charge in [-0.15, -0.1) is 11.8 Å². The Kier molecular flexibility index (Phi) is 4.98. The van der Waals surface area contributed by atoms with Crippen LogP contribution in [0.2, 0.25) is 0 Å². The third-order valence-electron chi connectivity index (χ3n) is 6.10. The summed E-state index contributed by atoms with van der Waals surface area (Å²) in [4.78, 5) is 40.6. The Bertz CT molecular complexity index is 1040. The molecule has 5 rings (SSSR count). The van der Waals surface area contributed by atoms with E-state index in [2.05, 4.69) is 0 Å². The number of hydrogen-bond acceptors (Lipinski definition) is 7. The van der Waals surface area contributed by atoms with Gasteiger partial charge in [0.15, 0.2) is 0 Å². The van der Waals surface area contributed by atoms with Crippen molar-refractivity contribution in [1.29, 1.82) is 0 Å². The molecule has 1 amide bonds. The summed E-state index contributed by atoms with van der Waals surface area (Å²) in [5.74, 6) is -1.91. The number of esters is 2. The van der Waals surface area contributed by atoms with E-state index in [1.54, 1.807) is 31.2 Å². The van der Waals surface area contributed by atoms with E-state index in [0.29, 0.717) is 17.5 Å². The van der Waals surface area contributed by atoms with Crippen molar-refractivity contribution in [1.82, 2.24) is 4.90 Å². The van der Waals surface area contributed by atoms with E-state index in [1.807, 2.05) is 30.3 Å². The number of β-lactam (4-membered cyclic amide) rings is 1. The first-order chi connectivity index (χ1) is 15.0. The molecule has 3 heterocycles. The van der Waals surface area contributed by atoms with Gasteiger partial charge in [-0.1, -0.05) is 36.4 Å². The molecule has 0 radical (unpaired) electrons. The topological polar surface area (TPSA) is 93.1 Å². The van der Waals surface area contributed by atoms with Crippen LogP contribution in [0.25, 0.3) is 0 Å². The number of benzene rings is 2. The fraction of sp³-hybridized carbons (Fsp3) is 0.348. The average molecular weight is 439 g/mol. The number of cyclic esters (lactones) is 1. The SMILES string of the molecule is CC(O)C1C(=O)N2C1CC(Sc1ccccc1)C2C(=O)OC1OC(=O)c2ccccc21. The minimum atomic E-state index is -1.12. The lowest BCUT2D eigenvalue weighted by molar-refractivity contribution is -0.183. The molecule has 0 saturated carbocycles. The number of amides is 1. The van der Waals surface area contributed by atoms with E-state index >= 15 is 0 Å². The van der Waals surface area contributed by atoms with Gasteiger partial charge in [-0.3, -0.25) is 4.79 Å². The Morgan fingerprint density at radius 1 is 1.16 bits per heavy atom. The molecule has 31 heavy (non-hydrogen) atoms. The highest BCUT2D eigenvalue weighted by Gasteiger charge is 2.62. The lowest BCUT2D eigenvalue weighted by Gasteiger charge is -2.46. The van der Waals surface area contributed by atoms with Crippen LogP contribution in [0, 0.1) is 5.92 Å². The molecule has 2 fully saturated rings. The molecule has 0 aromatic heterocycles. The fourth-order valence-corrected chi connectivity index (χ4v) is 6.02. The zero-order valence-electron chi connectivity index (χ0n) is 16.7. The highest BCUT2D eigenvalue weighted by molar-refractivity contribution is 8.00. The van der Waals surface area contributed by atoms with Crippen molar-refractivity contribution < 1.29 is 29.0 Å². The van der Waals surface area contributed by atoms with E-state index in [1.165, 1.54) is 16.7 Å². The summed E-state index contributed by atoms with van der Waals surface area (Å²) in [6.07, 6.45) is -1.34. The number of nitrogens with zero attached hydrogens (tertiary/aromatic N) is 1. The number of ether oxygens (including phenoxy) is 2. The van der Waals surface area contributed by atoms with Crippen LogP contribution >= 0.6 is 11.8 Å². The van der Waals surface area contributed by atoms with Crippen molar-refractivity contribution in [3.63, 3.8) is 0 Å². The standard InChI is InChI=1S/C23H21NO6S/c1-12(25)18-16-11-17(31-13-7-3-2-4-8-13)19(24(16)20(18)26)22(28)30-23-15-10-6-5-9-14(15)21(27)29-23/h2-10,12,16-19,23,25H,11H2,1H3. The van der Waals surface area contributed by atoms with Crippen molar-refractivity contribution in [3.8, 4) is 0 Å². The summed E-state index contributed by atoms with van der Waals surface area (Å²) in [6.45, 7) is 1.60. The molecule has 0 spiro atoms. The third kappa shape index (κ3) is 3.30. The van der Waals surface area contributed by atoms with Gasteiger partial charge in [0.05, 0.1) is 17.6 Å². The maximum atomic E-state index is 13.2. The molecular formula is C23H21NO6S. The Labute approximate surface area is 183 Å². The zero-order valence-corrected chi connectivity index (χ0v) is 17.5. The predicted molar refractivity (Wildman–Crippen MR) is 111 cm³/mol. The second-order valence-corrected chi connectivity index (χ2v) is 9.30. The van der Waals surface area contributed by atoms with Crippen molar-refractivity contribution >= 4 is 29.6 Å². The van der Waals surface area contributed by atoms with Gasteiger partial charge >= 0.3 is 11.9 Å². The van der Waals surface area contributed by atoms with Gasteiger partial charge in [0.25, 0.3) is 6.29 Å². The minimum absolute atomic E-state index is 0.218. The van der Waals surface area contributed by atoms with E-state index < -0.39 is 36.3 Å². The predicted octanol–water partition coefficient (Wildman–Crippen LogP) is 2.54. The summed E-state index contributed by atoms with van der Waals surface area (Å²) in [5.41, 5.74) is 0.869. The average Bonchev–Trinajstić information content (AvgIpc) is 3.24. The van der Waals surface area contributed by atoms with Gasteiger partial charge in [0.1, 0.15) is 6.04 Å². The molecule has 6 unspecified atom stereocenters. The van der Waals surface area contributed by atoms with Crippen LogP contribution in [0.1, 0.15) is 35.6 Å². The monoisotopic (exact) mass is 439 g/mol. The first-order valence-electron chi connectivity index (χ1n) is 10.2. The highest BCUT2D eigenvalue weighted by Crippen LogP contribution is 2.47. The molecule has 7 nitrogen and oxygen atoms in total. The smallest absolute Gasteiger partial charge is 0.342 e. The molecule has 0 aliphatic carbocycles. The van der Waals surface area contributed by atoms with Crippen LogP contribution in [-0.4, -0.2) is 51.3 Å². The summed E-state index contributed by atoms with van der Waals surface area (Å²) < 4.78 is 10.9. The second kappa shape index (κ2) is 7.69. The molecule has 3 aliphatic heterocycles. The molecular weight excluding hydrogens is 418 g/mol. The Morgan fingerprint density at radius 3 is 2.61 bits per heavy atom. The molecule has 8 heteroatoms. The van der Waals surface area contributed by atoms with Gasteiger partial charge in [0.2, 0.25) is 5.91 Å². The third-order valence-corrected chi connectivity index (χ3v) is 7.40. The Morgan fingerprint density at radius 2 is 1.87 bits per heavy atom. The van der Waals surface area contributed by atoms with Crippen molar-refractivity contribution in [2.75, 3.05) is 0 Å². The van der Waals surface area contributed by atoms with Crippen molar-refractivity contribution in [3.05, 3.63) is 65.7 Å². The lowest BCUT2D eigenvalue weighted by Crippen LogP contribution is -2.65. The number of aliphatic hydroxyl groups is 1. The molecule has 3 aliphatic rings. The second-order valence-electron chi connectivity index (χ2n) is 7.99. The van der Waals surface area contributed by atoms with Crippen LogP contribution < -0.4 is 0 Å². The highest BCUT2D eigenvalue weighted by atomic mass is 32.2. The number of carbonyl (C=O) groups is 3. The van der Waals surface area contributed by atoms with Crippen LogP contribution in [0.5, 0.6) is 0 Å². The fourth-order valence-electron chi connectivity index (χ4n) is 4.70. The molecule has 6 atom stereocenters. The van der Waals surface area contributed by atoms with E-state index in [4.69, 9.17) is 9.47 Å². The Balaban J connectivity index is 1.40. The molecule has 2 aromatic rings. The van der Waals surface area contributed by atoms with E-state index in [-0.39, 0.29) is 17.2 Å². The van der Waals surface area contributed by atoms with Gasteiger partial charge in [-0.05, 0) is 31.5 Å². The quantitative estimate of drug-likeness (QED) is 0.565. The van der Waals surface area contributed by atoms with Crippen LogP contribution in [0.3, 0.4) is 0 Å². The van der Waals surface area contributed by atoms with Gasteiger partial charge in [-0.2, -0.15) is 0 Å². The van der Waals surface area contributed by atoms with Crippen LogP contribution in [-0.2, 0) is 19.1 Å². The molecule has 2 saturated heterocycles. The minimum Gasteiger partial charge on any atom is -0.419 e. The first kappa shape index (κ1) is 20.1. The summed E-state index contributed by atoms with van der Waals surface area (Å²) >= 11 is 1.51. The van der Waals surface area contributed by atoms with E-state index in [9.17, 15) is 19.5 Å². The van der Waals surface area contributed by atoms with Crippen LogP contribution in [0.4, 0.5) is 0 Å². The largest absolute Gasteiger partial charge is 0.419 e. The van der Waals surface area contributed by atoms with Gasteiger partial charge < -0.3 is 19.5 Å². The number of rotatable bonds is 5. The number of hydrogen-bond donors (Lipinski definition) is 1. The number of fused-ring (bicyclic) bond motifs is 2. The normalized spacial score (nSPS) is 29.6. The lowest BCUT2D eigenvalue weighted by atomic mass is 9.84. The summed E-state index contributed by atoms with van der Waals surface area (Å²) in [6, 6.07) is 15.4. The zero-order chi connectivity index (χ0) is 21.7.